The highest BCUT2D eigenvalue weighted by molar-refractivity contribution is 7.99. The van der Waals surface area contributed by atoms with Crippen molar-refractivity contribution in [2.75, 3.05) is 12.3 Å². The summed E-state index contributed by atoms with van der Waals surface area (Å²) in [6.07, 6.45) is 1.35. The van der Waals surface area contributed by atoms with E-state index in [1.807, 2.05) is 24.3 Å². The van der Waals surface area contributed by atoms with Gasteiger partial charge in [0.05, 0.1) is 16.4 Å². The number of aliphatic hydroxyl groups is 1. The van der Waals surface area contributed by atoms with Crippen molar-refractivity contribution in [2.45, 2.75) is 28.7 Å². The third-order valence-electron chi connectivity index (χ3n) is 3.39. The van der Waals surface area contributed by atoms with Gasteiger partial charge >= 0.3 is 0 Å². The number of aliphatic hydroxyl groups excluding tert-OH is 1. The molecule has 1 atom stereocenters. The van der Waals surface area contributed by atoms with E-state index in [1.165, 1.54) is 17.8 Å². The zero-order chi connectivity index (χ0) is 16.8. The molecule has 122 valence electrons. The Labute approximate surface area is 138 Å². The van der Waals surface area contributed by atoms with Crippen molar-refractivity contribution in [3.8, 4) is 0 Å². The molecule has 0 heterocycles. The van der Waals surface area contributed by atoms with E-state index in [1.54, 1.807) is 12.1 Å². The summed E-state index contributed by atoms with van der Waals surface area (Å²) in [4.78, 5) is 12.2. The molecule has 0 bridgehead atoms. The molecule has 6 nitrogen and oxygen atoms in total. The van der Waals surface area contributed by atoms with Gasteiger partial charge in [0.25, 0.3) is 5.69 Å². The van der Waals surface area contributed by atoms with Crippen molar-refractivity contribution in [1.29, 1.82) is 0 Å². The summed E-state index contributed by atoms with van der Waals surface area (Å²) in [6.45, 7) is -0.0568. The van der Waals surface area contributed by atoms with Gasteiger partial charge in [-0.05, 0) is 36.6 Å². The second-order valence-corrected chi connectivity index (χ2v) is 6.26. The van der Waals surface area contributed by atoms with E-state index in [4.69, 9.17) is 16.6 Å². The van der Waals surface area contributed by atoms with Gasteiger partial charge in [-0.15, -0.1) is 0 Å². The van der Waals surface area contributed by atoms with E-state index in [0.29, 0.717) is 23.4 Å². The maximum atomic E-state index is 11.2. The van der Waals surface area contributed by atoms with Crippen LogP contribution in [-0.4, -0.2) is 22.7 Å². The lowest BCUT2D eigenvalue weighted by molar-refractivity contribution is -0.387. The number of hydrogen-bond acceptors (Lipinski definition) is 6. The van der Waals surface area contributed by atoms with Crippen molar-refractivity contribution >= 4 is 23.1 Å². The Morgan fingerprint density at radius 3 is 2.65 bits per heavy atom. The Balaban J connectivity index is 2.25. The number of aryl methyl sites for hydroxylation is 1. The van der Waals surface area contributed by atoms with E-state index in [9.17, 15) is 10.1 Å². The summed E-state index contributed by atoms with van der Waals surface area (Å²) >= 11 is 1.34. The first kappa shape index (κ1) is 17.3. The van der Waals surface area contributed by atoms with Crippen LogP contribution in [0.2, 0.25) is 0 Å². The highest BCUT2D eigenvalue weighted by Crippen LogP contribution is 2.37. The standard InChI is InChI=1S/C16H19N3O3S/c17-12-7-8-16(14(9-12)19(21)22)23-15-4-2-1-3-11(15)5-6-13(18)10-20/h1-4,7-9,13,20H,5-6,10,17-18H2. The van der Waals surface area contributed by atoms with Gasteiger partial charge in [0, 0.05) is 22.7 Å². The Morgan fingerprint density at radius 2 is 1.96 bits per heavy atom. The fraction of sp³-hybridized carbons (Fsp3) is 0.250. The molecule has 0 spiro atoms. The lowest BCUT2D eigenvalue weighted by Gasteiger charge is -2.12. The van der Waals surface area contributed by atoms with Crippen LogP contribution in [0.4, 0.5) is 11.4 Å². The van der Waals surface area contributed by atoms with Gasteiger partial charge in [-0.3, -0.25) is 10.1 Å². The topological polar surface area (TPSA) is 115 Å². The molecule has 0 aliphatic carbocycles. The fourth-order valence-corrected chi connectivity index (χ4v) is 3.18. The first-order chi connectivity index (χ1) is 11.0. The van der Waals surface area contributed by atoms with E-state index in [0.717, 1.165) is 10.5 Å². The van der Waals surface area contributed by atoms with Crippen molar-refractivity contribution in [3.63, 3.8) is 0 Å². The van der Waals surface area contributed by atoms with Crippen LogP contribution in [0.1, 0.15) is 12.0 Å². The smallest absolute Gasteiger partial charge is 0.285 e. The van der Waals surface area contributed by atoms with Gasteiger partial charge in [-0.2, -0.15) is 0 Å². The maximum absolute atomic E-state index is 11.2. The SMILES string of the molecule is Nc1ccc(Sc2ccccc2CCC(N)CO)c([N+](=O)[O-])c1. The molecule has 0 saturated carbocycles. The molecule has 23 heavy (non-hydrogen) atoms. The molecule has 0 amide bonds. The molecule has 1 unspecified atom stereocenters. The molecule has 0 saturated heterocycles. The molecule has 0 aromatic heterocycles. The summed E-state index contributed by atoms with van der Waals surface area (Å²) in [6, 6.07) is 12.1. The van der Waals surface area contributed by atoms with Crippen LogP contribution >= 0.6 is 11.8 Å². The van der Waals surface area contributed by atoms with E-state index in [-0.39, 0.29) is 18.3 Å². The quantitative estimate of drug-likeness (QED) is 0.407. The maximum Gasteiger partial charge on any atom is 0.285 e. The summed E-state index contributed by atoms with van der Waals surface area (Å²) in [5.74, 6) is 0. The lowest BCUT2D eigenvalue weighted by atomic mass is 10.1. The third-order valence-corrected chi connectivity index (χ3v) is 4.57. The van der Waals surface area contributed by atoms with Crippen LogP contribution < -0.4 is 11.5 Å². The summed E-state index contributed by atoms with van der Waals surface area (Å²) in [5, 5.41) is 20.2. The summed E-state index contributed by atoms with van der Waals surface area (Å²) in [5.41, 5.74) is 12.8. The Morgan fingerprint density at radius 1 is 1.22 bits per heavy atom. The summed E-state index contributed by atoms with van der Waals surface area (Å²) in [7, 11) is 0. The first-order valence-electron chi connectivity index (χ1n) is 7.17. The van der Waals surface area contributed by atoms with Crippen LogP contribution in [0.3, 0.4) is 0 Å². The average Bonchev–Trinajstić information content (AvgIpc) is 2.55. The number of hydrogen-bond donors (Lipinski definition) is 3. The largest absolute Gasteiger partial charge is 0.399 e. The van der Waals surface area contributed by atoms with Crippen LogP contribution in [0, 0.1) is 10.1 Å². The van der Waals surface area contributed by atoms with Crippen molar-refractivity contribution in [2.24, 2.45) is 5.73 Å². The highest BCUT2D eigenvalue weighted by Gasteiger charge is 2.16. The molecule has 2 aromatic rings. The molecule has 2 rings (SSSR count). The lowest BCUT2D eigenvalue weighted by Crippen LogP contribution is -2.24. The monoisotopic (exact) mass is 333 g/mol. The first-order valence-corrected chi connectivity index (χ1v) is 7.99. The van der Waals surface area contributed by atoms with Crippen molar-refractivity contribution in [3.05, 3.63) is 58.1 Å². The average molecular weight is 333 g/mol. The minimum absolute atomic E-state index is 0.00290. The highest BCUT2D eigenvalue weighted by atomic mass is 32.2. The van der Waals surface area contributed by atoms with Crippen LogP contribution in [0.5, 0.6) is 0 Å². The van der Waals surface area contributed by atoms with Crippen LogP contribution in [0.25, 0.3) is 0 Å². The van der Waals surface area contributed by atoms with Gasteiger partial charge in [-0.1, -0.05) is 30.0 Å². The number of rotatable bonds is 7. The Kier molecular flexibility index (Phi) is 5.97. The number of nitrogens with zero attached hydrogens (tertiary/aromatic N) is 1. The predicted molar refractivity (Wildman–Crippen MR) is 91.5 cm³/mol. The molecule has 7 heteroatoms. The molecular formula is C16H19N3O3S. The molecule has 2 aromatic carbocycles. The van der Waals surface area contributed by atoms with Gasteiger partial charge in [0.2, 0.25) is 0 Å². The second-order valence-electron chi connectivity index (χ2n) is 5.18. The molecule has 0 fully saturated rings. The fourth-order valence-electron chi connectivity index (χ4n) is 2.12. The second kappa shape index (κ2) is 7.96. The van der Waals surface area contributed by atoms with Crippen LogP contribution in [-0.2, 0) is 6.42 Å². The number of benzene rings is 2. The van der Waals surface area contributed by atoms with E-state index in [2.05, 4.69) is 0 Å². The number of nitro groups is 1. The number of nitrogens with two attached hydrogens (primary N) is 2. The van der Waals surface area contributed by atoms with Gasteiger partial charge in [0.1, 0.15) is 0 Å². The number of nitrogen functional groups attached to an aromatic ring is 1. The minimum atomic E-state index is -0.428. The van der Waals surface area contributed by atoms with Gasteiger partial charge in [0.15, 0.2) is 0 Å². The van der Waals surface area contributed by atoms with Gasteiger partial charge < -0.3 is 16.6 Å². The zero-order valence-electron chi connectivity index (χ0n) is 12.5. The number of nitro benzene ring substituents is 1. The predicted octanol–water partition coefficient (Wildman–Crippen LogP) is 2.58. The molecule has 0 aliphatic heterocycles. The molecule has 0 aliphatic rings. The minimum Gasteiger partial charge on any atom is -0.399 e. The third kappa shape index (κ3) is 4.69. The van der Waals surface area contributed by atoms with Crippen molar-refractivity contribution in [1.82, 2.24) is 0 Å². The number of anilines is 1. The molecule has 0 radical (unpaired) electrons. The van der Waals surface area contributed by atoms with E-state index < -0.39 is 4.92 Å². The normalized spacial score (nSPS) is 12.1. The molecule has 5 N–H and O–H groups in total. The van der Waals surface area contributed by atoms with Crippen molar-refractivity contribution < 1.29 is 10.0 Å². The Hall–Kier alpha value is -2.09. The zero-order valence-corrected chi connectivity index (χ0v) is 13.3. The summed E-state index contributed by atoms with van der Waals surface area (Å²) < 4.78 is 0. The molecular weight excluding hydrogens is 314 g/mol. The van der Waals surface area contributed by atoms with Crippen LogP contribution in [0.15, 0.2) is 52.3 Å². The van der Waals surface area contributed by atoms with E-state index >= 15 is 0 Å². The van der Waals surface area contributed by atoms with Gasteiger partial charge in [-0.25, -0.2) is 0 Å². The Bertz CT molecular complexity index is 694.